The molecule has 0 amide bonds. The van der Waals surface area contributed by atoms with Crippen LogP contribution < -0.4 is 10.0 Å². The highest BCUT2D eigenvalue weighted by Gasteiger charge is 2.23. The number of hydrogen-bond donors (Lipinski definition) is 2. The summed E-state index contributed by atoms with van der Waals surface area (Å²) in [5.41, 5.74) is 0. The largest absolute Gasteiger partial charge is 0.317 e. The van der Waals surface area contributed by atoms with E-state index < -0.39 is 10.2 Å². The predicted octanol–water partition coefficient (Wildman–Crippen LogP) is 0.336. The first kappa shape index (κ1) is 16.1. The van der Waals surface area contributed by atoms with E-state index in [-0.39, 0.29) is 18.4 Å². The van der Waals surface area contributed by atoms with Crippen molar-refractivity contribution in [3.8, 4) is 0 Å². The highest BCUT2D eigenvalue weighted by atomic mass is 35.5. The van der Waals surface area contributed by atoms with Gasteiger partial charge in [-0.15, -0.1) is 12.4 Å². The van der Waals surface area contributed by atoms with Crippen molar-refractivity contribution in [2.75, 3.05) is 26.2 Å². The van der Waals surface area contributed by atoms with Crippen LogP contribution in [-0.4, -0.2) is 44.9 Å². The first-order valence-corrected chi connectivity index (χ1v) is 7.02. The van der Waals surface area contributed by atoms with Crippen molar-refractivity contribution in [2.45, 2.75) is 32.7 Å². The molecule has 1 aliphatic rings. The molecule has 0 spiro atoms. The molecule has 0 saturated carbocycles. The highest BCUT2D eigenvalue weighted by molar-refractivity contribution is 7.87. The summed E-state index contributed by atoms with van der Waals surface area (Å²) in [5, 5.41) is 3.21. The van der Waals surface area contributed by atoms with Gasteiger partial charge in [-0.3, -0.25) is 0 Å². The minimum atomic E-state index is -3.27. The Hall–Kier alpha value is 0.120. The number of piperidine rings is 1. The van der Waals surface area contributed by atoms with Gasteiger partial charge in [-0.1, -0.05) is 13.8 Å². The van der Waals surface area contributed by atoms with Gasteiger partial charge in [-0.05, 0) is 25.9 Å². The number of halogens is 1. The van der Waals surface area contributed by atoms with Gasteiger partial charge in [0.05, 0.1) is 0 Å². The molecule has 0 aromatic carbocycles. The third-order valence-corrected chi connectivity index (χ3v) is 4.53. The Morgan fingerprint density at radius 2 is 1.75 bits per heavy atom. The number of nitrogens with one attached hydrogen (secondary N) is 2. The zero-order valence-electron chi connectivity index (χ0n) is 9.90. The second kappa shape index (κ2) is 7.45. The predicted molar refractivity (Wildman–Crippen MR) is 68.1 cm³/mol. The molecule has 98 valence electrons. The minimum absolute atomic E-state index is 0. The second-order valence-corrected chi connectivity index (χ2v) is 5.43. The van der Waals surface area contributed by atoms with Gasteiger partial charge in [-0.25, -0.2) is 0 Å². The van der Waals surface area contributed by atoms with E-state index in [0.717, 1.165) is 25.9 Å². The lowest BCUT2D eigenvalue weighted by Gasteiger charge is -2.27. The Morgan fingerprint density at radius 3 is 2.19 bits per heavy atom. The van der Waals surface area contributed by atoms with Crippen LogP contribution in [0.1, 0.15) is 26.7 Å². The van der Waals surface area contributed by atoms with E-state index in [1.54, 1.807) is 0 Å². The first-order valence-electron chi connectivity index (χ1n) is 5.58. The van der Waals surface area contributed by atoms with E-state index in [0.29, 0.717) is 13.1 Å². The van der Waals surface area contributed by atoms with E-state index in [4.69, 9.17) is 0 Å². The van der Waals surface area contributed by atoms with Crippen LogP contribution in [0, 0.1) is 0 Å². The van der Waals surface area contributed by atoms with Gasteiger partial charge in [0.15, 0.2) is 0 Å². The average molecular weight is 272 g/mol. The SMILES string of the molecule is CCN(CC)S(=O)(=O)NC1CCNCC1.Cl. The van der Waals surface area contributed by atoms with Crippen LogP contribution in [0.15, 0.2) is 0 Å². The molecule has 16 heavy (non-hydrogen) atoms. The third kappa shape index (κ3) is 4.55. The van der Waals surface area contributed by atoms with Crippen molar-refractivity contribution < 1.29 is 8.42 Å². The van der Waals surface area contributed by atoms with Crippen molar-refractivity contribution >= 4 is 22.6 Å². The van der Waals surface area contributed by atoms with Gasteiger partial charge in [0, 0.05) is 19.1 Å². The molecular formula is C9H22ClN3O2S. The molecule has 1 fully saturated rings. The average Bonchev–Trinajstić information content (AvgIpc) is 2.19. The lowest BCUT2D eigenvalue weighted by atomic mass is 10.1. The van der Waals surface area contributed by atoms with Crippen LogP contribution in [-0.2, 0) is 10.2 Å². The van der Waals surface area contributed by atoms with Crippen molar-refractivity contribution in [3.05, 3.63) is 0 Å². The van der Waals surface area contributed by atoms with Crippen LogP contribution in [0.25, 0.3) is 0 Å². The fraction of sp³-hybridized carbons (Fsp3) is 1.00. The van der Waals surface area contributed by atoms with Crippen LogP contribution in [0.2, 0.25) is 0 Å². The molecule has 1 rings (SSSR count). The molecule has 1 aliphatic heterocycles. The molecule has 0 atom stereocenters. The summed E-state index contributed by atoms with van der Waals surface area (Å²) in [6.07, 6.45) is 1.75. The summed E-state index contributed by atoms with van der Waals surface area (Å²) in [5.74, 6) is 0. The molecule has 0 radical (unpaired) electrons. The van der Waals surface area contributed by atoms with Gasteiger partial charge < -0.3 is 5.32 Å². The summed E-state index contributed by atoms with van der Waals surface area (Å²) >= 11 is 0. The highest BCUT2D eigenvalue weighted by Crippen LogP contribution is 2.06. The lowest BCUT2D eigenvalue weighted by molar-refractivity contribution is 0.392. The molecule has 0 unspecified atom stereocenters. The fourth-order valence-electron chi connectivity index (χ4n) is 1.79. The molecule has 0 bridgehead atoms. The minimum Gasteiger partial charge on any atom is -0.317 e. The van der Waals surface area contributed by atoms with Gasteiger partial charge in [-0.2, -0.15) is 17.4 Å². The normalized spacial score (nSPS) is 18.4. The third-order valence-electron chi connectivity index (χ3n) is 2.70. The Balaban J connectivity index is 0.00000225. The van der Waals surface area contributed by atoms with Crippen LogP contribution in [0.3, 0.4) is 0 Å². The fourth-order valence-corrected chi connectivity index (χ4v) is 3.27. The van der Waals surface area contributed by atoms with E-state index in [2.05, 4.69) is 10.0 Å². The molecular weight excluding hydrogens is 250 g/mol. The zero-order chi connectivity index (χ0) is 11.3. The Morgan fingerprint density at radius 1 is 1.25 bits per heavy atom. The molecule has 0 aliphatic carbocycles. The summed E-state index contributed by atoms with van der Waals surface area (Å²) < 4.78 is 27.9. The Kier molecular flexibility index (Phi) is 7.50. The van der Waals surface area contributed by atoms with E-state index >= 15 is 0 Å². The van der Waals surface area contributed by atoms with Gasteiger partial charge in [0.2, 0.25) is 0 Å². The van der Waals surface area contributed by atoms with Crippen LogP contribution in [0.5, 0.6) is 0 Å². The topological polar surface area (TPSA) is 61.4 Å². The summed E-state index contributed by atoms with van der Waals surface area (Å²) in [4.78, 5) is 0. The molecule has 7 heteroatoms. The van der Waals surface area contributed by atoms with Gasteiger partial charge >= 0.3 is 0 Å². The maximum Gasteiger partial charge on any atom is 0.279 e. The Labute approximate surface area is 105 Å². The molecule has 0 aromatic rings. The molecule has 2 N–H and O–H groups in total. The zero-order valence-corrected chi connectivity index (χ0v) is 11.5. The van der Waals surface area contributed by atoms with Crippen molar-refractivity contribution in [1.29, 1.82) is 0 Å². The van der Waals surface area contributed by atoms with Gasteiger partial charge in [0.1, 0.15) is 0 Å². The molecule has 5 nitrogen and oxygen atoms in total. The van der Waals surface area contributed by atoms with E-state index in [1.165, 1.54) is 4.31 Å². The van der Waals surface area contributed by atoms with Crippen molar-refractivity contribution in [3.63, 3.8) is 0 Å². The maximum absolute atomic E-state index is 11.9. The van der Waals surface area contributed by atoms with Gasteiger partial charge in [0.25, 0.3) is 10.2 Å². The van der Waals surface area contributed by atoms with E-state index in [1.807, 2.05) is 13.8 Å². The van der Waals surface area contributed by atoms with Crippen molar-refractivity contribution in [1.82, 2.24) is 14.3 Å². The Bertz CT molecular complexity index is 274. The smallest absolute Gasteiger partial charge is 0.279 e. The molecule has 1 heterocycles. The molecule has 1 saturated heterocycles. The number of rotatable bonds is 5. The summed E-state index contributed by atoms with van der Waals surface area (Å²) in [6, 6.07) is 0.0943. The number of nitrogens with zero attached hydrogens (tertiary/aromatic N) is 1. The maximum atomic E-state index is 11.9. The monoisotopic (exact) mass is 271 g/mol. The lowest BCUT2D eigenvalue weighted by Crippen LogP contribution is -2.48. The molecule has 0 aromatic heterocycles. The first-order chi connectivity index (χ1) is 7.10. The quantitative estimate of drug-likeness (QED) is 0.758. The standard InChI is InChI=1S/C9H21N3O2S.ClH/c1-3-12(4-2)15(13,14)11-9-5-7-10-8-6-9;/h9-11H,3-8H2,1-2H3;1H. The van der Waals surface area contributed by atoms with Crippen LogP contribution >= 0.6 is 12.4 Å². The summed E-state index contributed by atoms with van der Waals surface area (Å²) in [7, 11) is -3.27. The summed E-state index contributed by atoms with van der Waals surface area (Å²) in [6.45, 7) is 6.54. The van der Waals surface area contributed by atoms with Crippen LogP contribution in [0.4, 0.5) is 0 Å². The van der Waals surface area contributed by atoms with E-state index in [9.17, 15) is 8.42 Å². The number of hydrogen-bond acceptors (Lipinski definition) is 3. The van der Waals surface area contributed by atoms with Crippen molar-refractivity contribution in [2.24, 2.45) is 0 Å². The second-order valence-electron chi connectivity index (χ2n) is 3.73.